The van der Waals surface area contributed by atoms with Crippen molar-refractivity contribution in [3.8, 4) is 5.75 Å². The van der Waals surface area contributed by atoms with Gasteiger partial charge >= 0.3 is 6.09 Å². The van der Waals surface area contributed by atoms with Gasteiger partial charge in [0.1, 0.15) is 12.4 Å². The first-order valence-corrected chi connectivity index (χ1v) is 11.8. The van der Waals surface area contributed by atoms with Gasteiger partial charge in [-0.05, 0) is 30.7 Å². The fourth-order valence-electron chi connectivity index (χ4n) is 4.39. The summed E-state index contributed by atoms with van der Waals surface area (Å²) < 4.78 is 11.9. The second-order valence-corrected chi connectivity index (χ2v) is 9.96. The maximum Gasteiger partial charge on any atom is 0.414 e. The second kappa shape index (κ2) is 8.85. The van der Waals surface area contributed by atoms with Gasteiger partial charge in [-0.25, -0.2) is 4.79 Å². The number of anilines is 2. The van der Waals surface area contributed by atoms with Gasteiger partial charge in [0.05, 0.1) is 40.1 Å². The van der Waals surface area contributed by atoms with Crippen LogP contribution in [0.15, 0.2) is 30.3 Å². The van der Waals surface area contributed by atoms with E-state index in [1.54, 1.807) is 40.1 Å². The number of nitrogens with one attached hydrogen (secondary N) is 1. The monoisotopic (exact) mass is 491 g/mol. The number of hydrogen-bond acceptors (Lipinski definition) is 7. The SMILES string of the molecule is O=C(NC[C@@H]1COC(=O)N2c3ccc(N4CC[C@@H](O)CC4=O)cc3OC[C@@H]12)c1ccc(Cl)s1. The third-order valence-corrected chi connectivity index (χ3v) is 7.37. The zero-order valence-electron chi connectivity index (χ0n) is 17.5. The number of rotatable bonds is 4. The Hall–Kier alpha value is -2.82. The van der Waals surface area contributed by atoms with Gasteiger partial charge in [-0.3, -0.25) is 14.5 Å². The zero-order valence-corrected chi connectivity index (χ0v) is 19.1. The molecule has 3 aliphatic rings. The standard InChI is InChI=1S/C22H22ClN3O6S/c23-19-4-3-18(33-19)21(29)24-9-12-10-32-22(30)26-15-2-1-13(7-17(15)31-11-16(12)26)25-6-5-14(27)8-20(25)28/h1-4,7,12,14,16,27H,5-6,8-11H2,(H,24,29)/t12-,14-,16+/m1/s1. The van der Waals surface area contributed by atoms with Crippen LogP contribution in [0.2, 0.25) is 4.34 Å². The van der Waals surface area contributed by atoms with Crippen molar-refractivity contribution in [2.45, 2.75) is 25.0 Å². The maximum atomic E-state index is 12.6. The summed E-state index contributed by atoms with van der Waals surface area (Å²) >= 11 is 7.11. The van der Waals surface area contributed by atoms with Crippen molar-refractivity contribution in [2.75, 3.05) is 36.1 Å². The van der Waals surface area contributed by atoms with E-state index in [-0.39, 0.29) is 43.4 Å². The predicted molar refractivity (Wildman–Crippen MR) is 122 cm³/mol. The number of fused-ring (bicyclic) bond motifs is 3. The average Bonchev–Trinajstić information content (AvgIpc) is 3.24. The quantitative estimate of drug-likeness (QED) is 0.680. The molecule has 33 heavy (non-hydrogen) atoms. The normalized spacial score (nSPS) is 24.5. The van der Waals surface area contributed by atoms with Gasteiger partial charge < -0.3 is 24.8 Å². The summed E-state index contributed by atoms with van der Waals surface area (Å²) in [7, 11) is 0. The molecule has 0 saturated carbocycles. The Balaban J connectivity index is 1.32. The first-order valence-electron chi connectivity index (χ1n) is 10.7. The summed E-state index contributed by atoms with van der Waals surface area (Å²) in [5.74, 6) is -0.0614. The molecule has 0 unspecified atom stereocenters. The number of cyclic esters (lactones) is 1. The minimum atomic E-state index is -0.610. The Morgan fingerprint density at radius 3 is 2.82 bits per heavy atom. The van der Waals surface area contributed by atoms with E-state index in [2.05, 4.69) is 5.32 Å². The number of ether oxygens (including phenoxy) is 2. The van der Waals surface area contributed by atoms with Crippen molar-refractivity contribution in [1.82, 2.24) is 5.32 Å². The second-order valence-electron chi connectivity index (χ2n) is 8.24. The number of amides is 3. The van der Waals surface area contributed by atoms with Gasteiger partial charge in [-0.2, -0.15) is 0 Å². The average molecular weight is 492 g/mol. The molecule has 3 aliphatic heterocycles. The predicted octanol–water partition coefficient (Wildman–Crippen LogP) is 2.65. The lowest BCUT2D eigenvalue weighted by Gasteiger charge is -2.43. The van der Waals surface area contributed by atoms with Gasteiger partial charge in [0.2, 0.25) is 5.91 Å². The van der Waals surface area contributed by atoms with Crippen LogP contribution in [0.1, 0.15) is 22.5 Å². The molecule has 0 radical (unpaired) electrons. The smallest absolute Gasteiger partial charge is 0.414 e. The lowest BCUT2D eigenvalue weighted by molar-refractivity contribution is -0.122. The molecular formula is C22H22ClN3O6S. The van der Waals surface area contributed by atoms with Crippen LogP contribution in [0, 0.1) is 5.92 Å². The van der Waals surface area contributed by atoms with Crippen LogP contribution in [-0.4, -0.2) is 61.5 Å². The number of aliphatic hydroxyl groups is 1. The molecule has 4 heterocycles. The van der Waals surface area contributed by atoms with Crippen molar-refractivity contribution in [3.63, 3.8) is 0 Å². The van der Waals surface area contributed by atoms with E-state index >= 15 is 0 Å². The number of aliphatic hydroxyl groups excluding tert-OH is 1. The largest absolute Gasteiger partial charge is 0.489 e. The summed E-state index contributed by atoms with van der Waals surface area (Å²) in [5, 5.41) is 12.6. The highest BCUT2D eigenvalue weighted by Crippen LogP contribution is 2.41. The Bertz CT molecular complexity index is 1110. The Morgan fingerprint density at radius 2 is 2.06 bits per heavy atom. The van der Waals surface area contributed by atoms with Crippen molar-refractivity contribution in [2.24, 2.45) is 5.92 Å². The van der Waals surface area contributed by atoms with E-state index in [0.29, 0.717) is 45.8 Å². The Kier molecular flexibility index (Phi) is 5.90. The molecular weight excluding hydrogens is 470 g/mol. The minimum Gasteiger partial charge on any atom is -0.489 e. The molecule has 0 spiro atoms. The Labute approximate surface area is 198 Å². The number of carbonyl (C=O) groups excluding carboxylic acids is 3. The molecule has 3 atom stereocenters. The molecule has 2 aromatic rings. The molecule has 1 aromatic carbocycles. The zero-order chi connectivity index (χ0) is 23.1. The summed E-state index contributed by atoms with van der Waals surface area (Å²) in [5.41, 5.74) is 1.22. The van der Waals surface area contributed by atoms with E-state index in [1.807, 2.05) is 0 Å². The lowest BCUT2D eigenvalue weighted by atomic mass is 9.96. The van der Waals surface area contributed by atoms with Gasteiger partial charge in [0.25, 0.3) is 5.91 Å². The molecule has 5 rings (SSSR count). The molecule has 3 amide bonds. The van der Waals surface area contributed by atoms with E-state index in [0.717, 1.165) is 0 Å². The van der Waals surface area contributed by atoms with Crippen molar-refractivity contribution in [1.29, 1.82) is 0 Å². The fraction of sp³-hybridized carbons (Fsp3) is 0.409. The molecule has 1 aromatic heterocycles. The van der Waals surface area contributed by atoms with E-state index in [1.165, 1.54) is 11.3 Å². The Morgan fingerprint density at radius 1 is 1.21 bits per heavy atom. The van der Waals surface area contributed by atoms with Gasteiger partial charge in [0, 0.05) is 30.8 Å². The summed E-state index contributed by atoms with van der Waals surface area (Å²) in [4.78, 5) is 41.0. The lowest BCUT2D eigenvalue weighted by Crippen LogP contribution is -2.58. The highest BCUT2D eigenvalue weighted by Gasteiger charge is 2.43. The van der Waals surface area contributed by atoms with Crippen LogP contribution in [0.3, 0.4) is 0 Å². The first kappa shape index (κ1) is 22.0. The molecule has 2 N–H and O–H groups in total. The van der Waals surface area contributed by atoms with Gasteiger partial charge in [-0.15, -0.1) is 11.3 Å². The third-order valence-electron chi connectivity index (χ3n) is 6.14. The highest BCUT2D eigenvalue weighted by molar-refractivity contribution is 7.18. The number of carbonyl (C=O) groups is 3. The molecule has 2 fully saturated rings. The highest BCUT2D eigenvalue weighted by atomic mass is 35.5. The number of piperidine rings is 1. The molecule has 2 saturated heterocycles. The van der Waals surface area contributed by atoms with Crippen LogP contribution in [0.4, 0.5) is 16.2 Å². The number of hydrogen-bond donors (Lipinski definition) is 2. The first-order chi connectivity index (χ1) is 15.9. The molecule has 9 nitrogen and oxygen atoms in total. The van der Waals surface area contributed by atoms with Gasteiger partial charge in [-0.1, -0.05) is 11.6 Å². The van der Waals surface area contributed by atoms with E-state index < -0.39 is 12.2 Å². The third kappa shape index (κ3) is 4.25. The molecule has 174 valence electrons. The van der Waals surface area contributed by atoms with Crippen molar-refractivity contribution in [3.05, 3.63) is 39.5 Å². The number of thiophene rings is 1. The van der Waals surface area contributed by atoms with Crippen LogP contribution in [-0.2, 0) is 9.53 Å². The number of halogens is 1. The van der Waals surface area contributed by atoms with Crippen LogP contribution >= 0.6 is 22.9 Å². The summed E-state index contributed by atoms with van der Waals surface area (Å²) in [6.45, 7) is 1.14. The maximum absolute atomic E-state index is 12.6. The van der Waals surface area contributed by atoms with Crippen LogP contribution in [0.5, 0.6) is 5.75 Å². The molecule has 11 heteroatoms. The van der Waals surface area contributed by atoms with E-state index in [4.69, 9.17) is 21.1 Å². The van der Waals surface area contributed by atoms with Gasteiger partial charge in [0.15, 0.2) is 0 Å². The van der Waals surface area contributed by atoms with Crippen molar-refractivity contribution >= 4 is 52.2 Å². The summed E-state index contributed by atoms with van der Waals surface area (Å²) in [6, 6.07) is 8.28. The molecule has 0 aliphatic carbocycles. The number of benzene rings is 1. The van der Waals surface area contributed by atoms with Crippen LogP contribution < -0.4 is 19.9 Å². The van der Waals surface area contributed by atoms with Crippen molar-refractivity contribution < 1.29 is 29.0 Å². The fourth-order valence-corrected chi connectivity index (χ4v) is 5.34. The number of nitrogens with zero attached hydrogens (tertiary/aromatic N) is 2. The minimum absolute atomic E-state index is 0.0868. The topological polar surface area (TPSA) is 108 Å². The van der Waals surface area contributed by atoms with E-state index in [9.17, 15) is 19.5 Å². The van der Waals surface area contributed by atoms with Crippen LogP contribution in [0.25, 0.3) is 0 Å². The summed E-state index contributed by atoms with van der Waals surface area (Å²) in [6.07, 6.45) is -0.485. The molecule has 0 bridgehead atoms.